The van der Waals surface area contributed by atoms with Crippen molar-refractivity contribution >= 4 is 61.1 Å². The molecule has 2 rings (SSSR count). The highest BCUT2D eigenvalue weighted by atomic mass is 127. The molecule has 0 aliphatic carbocycles. The van der Waals surface area contributed by atoms with Crippen molar-refractivity contribution in [2.75, 3.05) is 5.73 Å². The summed E-state index contributed by atoms with van der Waals surface area (Å²) in [6.45, 7) is 4.00. The van der Waals surface area contributed by atoms with Crippen LogP contribution in [-0.4, -0.2) is 14.5 Å². The van der Waals surface area contributed by atoms with Gasteiger partial charge in [0.05, 0.1) is 27.9 Å². The van der Waals surface area contributed by atoms with Crippen molar-refractivity contribution in [3.63, 3.8) is 0 Å². The lowest BCUT2D eigenvalue weighted by molar-refractivity contribution is 1.04. The van der Waals surface area contributed by atoms with Gasteiger partial charge in [-0.2, -0.15) is 5.10 Å². The Morgan fingerprint density at radius 2 is 2.13 bits per heavy atom. The van der Waals surface area contributed by atoms with Gasteiger partial charge in [-0.1, -0.05) is 13.8 Å². The number of pyridine rings is 1. The molecular weight excluding hydrogens is 390 g/mol. The maximum atomic E-state index is 5.71. The van der Waals surface area contributed by atoms with Crippen LogP contribution in [0.4, 0.5) is 5.82 Å². The van der Waals surface area contributed by atoms with Crippen molar-refractivity contribution in [1.29, 1.82) is 0 Å². The number of halogens is 2. The molecule has 82 valence electrons. The van der Waals surface area contributed by atoms with Crippen molar-refractivity contribution in [3.8, 4) is 0 Å². The minimum atomic E-state index is 0.527. The molecule has 0 aromatic carbocycles. The second kappa shape index (κ2) is 5.96. The molecular formula is C8H11BrIN4P. The Balaban J connectivity index is 0.000000531. The van der Waals surface area contributed by atoms with E-state index in [1.54, 1.807) is 12.4 Å². The number of hydrogen-bond donors (Lipinski definition) is 1. The monoisotopic (exact) mass is 400 g/mol. The SMILES string of the molecule is CC.Nc1ncc(Br)c2c1cnn2PI. The van der Waals surface area contributed by atoms with Gasteiger partial charge in [0.25, 0.3) is 0 Å². The molecule has 0 saturated heterocycles. The Hall–Kier alpha value is 0.0600. The van der Waals surface area contributed by atoms with E-state index in [0.717, 1.165) is 15.4 Å². The molecule has 0 radical (unpaired) electrons. The van der Waals surface area contributed by atoms with Gasteiger partial charge in [0.2, 0.25) is 0 Å². The van der Waals surface area contributed by atoms with Gasteiger partial charge >= 0.3 is 0 Å². The van der Waals surface area contributed by atoms with Gasteiger partial charge in [0, 0.05) is 6.20 Å². The number of fused-ring (bicyclic) bond motifs is 1. The first-order chi connectivity index (χ1) is 7.24. The van der Waals surface area contributed by atoms with Gasteiger partial charge in [-0.15, -0.1) is 0 Å². The number of rotatable bonds is 1. The Morgan fingerprint density at radius 3 is 2.73 bits per heavy atom. The molecule has 4 nitrogen and oxygen atoms in total. The van der Waals surface area contributed by atoms with Gasteiger partial charge in [-0.05, 0) is 38.0 Å². The Morgan fingerprint density at radius 1 is 1.47 bits per heavy atom. The molecule has 1 unspecified atom stereocenters. The van der Waals surface area contributed by atoms with Crippen LogP contribution in [0.25, 0.3) is 10.9 Å². The van der Waals surface area contributed by atoms with E-state index in [1.165, 1.54) is 0 Å². The standard InChI is InChI=1S/C6H5BrIN4P.C2H6/c7-4-2-10-6(9)3-1-11-12(13-8)5(3)4;1-2/h1-2,13H,(H2,9,10);1-2H3. The van der Waals surface area contributed by atoms with Crippen LogP contribution in [0.3, 0.4) is 0 Å². The fraction of sp³-hybridized carbons (Fsp3) is 0.250. The highest BCUT2D eigenvalue weighted by Crippen LogP contribution is 2.33. The molecule has 0 amide bonds. The maximum absolute atomic E-state index is 5.71. The van der Waals surface area contributed by atoms with E-state index in [9.17, 15) is 0 Å². The van der Waals surface area contributed by atoms with Gasteiger partial charge in [0.15, 0.2) is 0 Å². The lowest BCUT2D eigenvalue weighted by atomic mass is 10.3. The zero-order chi connectivity index (χ0) is 11.4. The fourth-order valence-electron chi connectivity index (χ4n) is 1.09. The Labute approximate surface area is 111 Å². The van der Waals surface area contributed by atoms with Crippen molar-refractivity contribution in [1.82, 2.24) is 14.5 Å². The van der Waals surface area contributed by atoms with E-state index in [-0.39, 0.29) is 0 Å². The maximum Gasteiger partial charge on any atom is 0.134 e. The van der Waals surface area contributed by atoms with E-state index in [0.29, 0.717) is 12.2 Å². The third-order valence-corrected chi connectivity index (χ3v) is 4.12. The van der Waals surface area contributed by atoms with Crippen LogP contribution in [0.15, 0.2) is 16.9 Å². The smallest absolute Gasteiger partial charge is 0.134 e. The summed E-state index contributed by atoms with van der Waals surface area (Å²) in [5.41, 5.74) is 6.72. The molecule has 2 aromatic rings. The molecule has 2 heterocycles. The van der Waals surface area contributed by atoms with Gasteiger partial charge < -0.3 is 5.73 Å². The van der Waals surface area contributed by atoms with E-state index in [4.69, 9.17) is 5.73 Å². The second-order valence-corrected chi connectivity index (χ2v) is 5.29. The van der Waals surface area contributed by atoms with Crippen molar-refractivity contribution in [2.45, 2.75) is 13.8 Å². The second-order valence-electron chi connectivity index (χ2n) is 2.39. The van der Waals surface area contributed by atoms with Crippen molar-refractivity contribution in [3.05, 3.63) is 16.9 Å². The molecule has 0 saturated carbocycles. The summed E-state index contributed by atoms with van der Waals surface area (Å²) in [4.78, 5) is 4.03. The zero-order valence-corrected chi connectivity index (χ0v) is 13.1. The molecule has 0 aliphatic heterocycles. The predicted octanol–water partition coefficient (Wildman–Crippen LogP) is 3.59. The fourth-order valence-corrected chi connectivity index (χ4v) is 3.26. The summed E-state index contributed by atoms with van der Waals surface area (Å²) in [5, 5.41) is 5.11. The molecule has 0 aliphatic rings. The number of nitrogens with two attached hydrogens (primary N) is 1. The number of hydrogen-bond acceptors (Lipinski definition) is 3. The van der Waals surface area contributed by atoms with Gasteiger partial charge in [-0.25, -0.2) is 9.44 Å². The summed E-state index contributed by atoms with van der Waals surface area (Å²) in [7, 11) is 0. The predicted molar refractivity (Wildman–Crippen MR) is 78.7 cm³/mol. The molecule has 2 aromatic heterocycles. The average molecular weight is 401 g/mol. The van der Waals surface area contributed by atoms with Crippen molar-refractivity contribution < 1.29 is 0 Å². The van der Waals surface area contributed by atoms with Crippen molar-refractivity contribution in [2.24, 2.45) is 0 Å². The highest BCUT2D eigenvalue weighted by molar-refractivity contribution is 14.2. The van der Waals surface area contributed by atoms with Crippen LogP contribution >= 0.6 is 44.3 Å². The summed E-state index contributed by atoms with van der Waals surface area (Å²) < 4.78 is 2.83. The highest BCUT2D eigenvalue weighted by Gasteiger charge is 2.08. The third kappa shape index (κ3) is 2.60. The normalized spacial score (nSPS) is 10.7. The molecule has 15 heavy (non-hydrogen) atoms. The number of nitrogens with zero attached hydrogens (tertiary/aromatic N) is 3. The summed E-state index contributed by atoms with van der Waals surface area (Å²) in [6.07, 6.45) is 4.01. The lowest BCUT2D eigenvalue weighted by Gasteiger charge is -2.00. The van der Waals surface area contributed by atoms with E-state index < -0.39 is 0 Å². The van der Waals surface area contributed by atoms with Crippen LogP contribution in [0.1, 0.15) is 13.8 Å². The first-order valence-electron chi connectivity index (χ1n) is 4.38. The van der Waals surface area contributed by atoms with Crippen LogP contribution in [0.5, 0.6) is 0 Å². The minimum Gasteiger partial charge on any atom is -0.383 e. The van der Waals surface area contributed by atoms with Gasteiger partial charge in [0.1, 0.15) is 5.82 Å². The van der Waals surface area contributed by atoms with E-state index in [1.807, 2.05) is 18.3 Å². The van der Waals surface area contributed by atoms with Crippen LogP contribution in [0, 0.1) is 0 Å². The van der Waals surface area contributed by atoms with Crippen LogP contribution in [-0.2, 0) is 0 Å². The van der Waals surface area contributed by atoms with Crippen LogP contribution in [0.2, 0.25) is 0 Å². The lowest BCUT2D eigenvalue weighted by Crippen LogP contribution is -1.91. The molecule has 0 bridgehead atoms. The summed E-state index contributed by atoms with van der Waals surface area (Å²) >= 11 is 5.70. The molecule has 0 spiro atoms. The molecule has 2 N–H and O–H groups in total. The van der Waals surface area contributed by atoms with E-state index >= 15 is 0 Å². The first-order valence-corrected chi connectivity index (χ1v) is 9.24. The topological polar surface area (TPSA) is 56.7 Å². The quantitative estimate of drug-likeness (QED) is 0.587. The summed E-state index contributed by atoms with van der Waals surface area (Å²) in [5.74, 6) is 0.527. The average Bonchev–Trinajstić information content (AvgIpc) is 2.71. The minimum absolute atomic E-state index is 0.527. The molecule has 1 atom stereocenters. The largest absolute Gasteiger partial charge is 0.383 e. The molecule has 7 heteroatoms. The number of nitrogen functional groups attached to an aromatic ring is 1. The Bertz CT molecular complexity index is 459. The van der Waals surface area contributed by atoms with E-state index in [2.05, 4.69) is 48.1 Å². The zero-order valence-electron chi connectivity index (χ0n) is 8.33. The number of aromatic nitrogens is 3. The summed E-state index contributed by atoms with van der Waals surface area (Å²) in [6, 6.07) is 0. The molecule has 0 fully saturated rings. The number of anilines is 1. The third-order valence-electron chi connectivity index (χ3n) is 1.67. The first kappa shape index (κ1) is 13.1. The van der Waals surface area contributed by atoms with Gasteiger partial charge in [-0.3, -0.25) is 0 Å². The Kier molecular flexibility index (Phi) is 5.22. The van der Waals surface area contributed by atoms with Crippen LogP contribution < -0.4 is 5.73 Å².